The molecule has 0 aliphatic rings. The molecule has 0 fully saturated rings. The number of nitrogens with one attached hydrogen (secondary N) is 3. The van der Waals surface area contributed by atoms with Crippen LogP contribution in [0.25, 0.3) is 99.9 Å². The van der Waals surface area contributed by atoms with Crippen molar-refractivity contribution in [2.45, 2.75) is 25.7 Å². The van der Waals surface area contributed by atoms with Gasteiger partial charge < -0.3 is 46.1 Å². The highest BCUT2D eigenvalue weighted by Crippen LogP contribution is 2.44. The molecule has 0 bridgehead atoms. The number of amides is 1. The number of carboxylic acids is 1. The van der Waals surface area contributed by atoms with Gasteiger partial charge in [0.05, 0.1) is 26.2 Å². The summed E-state index contributed by atoms with van der Waals surface area (Å²) in [6, 6.07) is 29.0. The summed E-state index contributed by atoms with van der Waals surface area (Å²) in [5, 5.41) is 12.1. The lowest BCUT2D eigenvalue weighted by Gasteiger charge is -2.11. The van der Waals surface area contributed by atoms with Crippen molar-refractivity contribution in [3.05, 3.63) is 250 Å². The average Bonchev–Trinajstić information content (AvgIpc) is 1.58. The summed E-state index contributed by atoms with van der Waals surface area (Å²) in [7, 11) is -0.356. The zero-order valence-electron chi connectivity index (χ0n) is 55.1. The smallest absolute Gasteiger partial charge is 0.331 e. The summed E-state index contributed by atoms with van der Waals surface area (Å²) in [6.07, 6.45) is 8.65. The number of H-pyrrole nitrogens is 2. The Morgan fingerprint density at radius 3 is 1.32 bits per heavy atom. The first-order chi connectivity index (χ1) is 49.6. The standard InChI is InChI=1S/C27H20F3N3O3S.C24H17BrF3N3O2.C20H14F3N3O.C4H5BrO2/c1-15-3-6-19(7-4-15)37(34,35)33-14-23(21-10-17(28)11-25(30)26(21)36-2)22-9-16(13-32-27(22)33)20-12-18(31)5-8-24(20)29;1-12(9-25)24(32)31-15-3-4-20(27)16(8-15)13-5-18-19(11-30-23(18)29-10-13)17-6-14(26)7-21(28)22(17)33-2;1-27-19-14(5-11(21)6-18(19)23)16-9-26-20-15(16)4-10(8-25-20)13-7-12(24)2-3-17(13)22;1-3(2-5)4(6)7/h3-14H,31H2,1-2H3;3-11H,1-2H3,(H,29,30)(H,31,32);2-9H,24H2,1H3,(H,25,26);2H,1H3,(H,6,7)/b;12-9+;;3-2+. The third-order valence-corrected chi connectivity index (χ3v) is 19.0. The number of aromatic nitrogens is 6. The van der Waals surface area contributed by atoms with Crippen LogP contribution in [0.2, 0.25) is 0 Å². The quantitative estimate of drug-likeness (QED) is 0.0337. The maximum absolute atomic E-state index is 14.7. The van der Waals surface area contributed by atoms with Gasteiger partial charge in [-0.1, -0.05) is 49.6 Å². The topological polar surface area (TPSA) is 255 Å². The van der Waals surface area contributed by atoms with Crippen LogP contribution in [0.15, 0.2) is 197 Å². The molecule has 0 aliphatic heterocycles. The molecule has 13 aromatic rings. The van der Waals surface area contributed by atoms with E-state index in [-0.39, 0.29) is 78.0 Å². The number of pyridine rings is 3. The number of rotatable bonds is 14. The average molecular weight is 1570 g/mol. The number of methoxy groups -OCH3 is 3. The predicted molar refractivity (Wildman–Crippen MR) is 388 cm³/mol. The van der Waals surface area contributed by atoms with Gasteiger partial charge in [-0.3, -0.25) is 4.79 Å². The molecule has 0 spiro atoms. The van der Waals surface area contributed by atoms with Gasteiger partial charge in [-0.25, -0.2) is 71.7 Å². The molecule has 0 saturated carbocycles. The number of anilines is 3. The maximum Gasteiger partial charge on any atom is 0.331 e. The van der Waals surface area contributed by atoms with E-state index in [1.165, 1.54) is 142 Å². The van der Waals surface area contributed by atoms with Gasteiger partial charge in [0.1, 0.15) is 46.2 Å². The second kappa shape index (κ2) is 31.7. The van der Waals surface area contributed by atoms with E-state index < -0.39 is 68.3 Å². The third-order valence-electron chi connectivity index (χ3n) is 15.9. The van der Waals surface area contributed by atoms with Crippen LogP contribution in [0, 0.1) is 59.3 Å². The number of nitrogens with zero attached hydrogens (tertiary/aromatic N) is 4. The Labute approximate surface area is 603 Å². The number of aryl methyl sites for hydroxylation is 1. The molecule has 0 atom stereocenters. The number of halogens is 11. The minimum atomic E-state index is -4.17. The van der Waals surface area contributed by atoms with Crippen molar-refractivity contribution in [3.63, 3.8) is 0 Å². The first-order valence-electron chi connectivity index (χ1n) is 30.4. The Morgan fingerprint density at radius 2 is 0.904 bits per heavy atom. The van der Waals surface area contributed by atoms with Crippen LogP contribution in [-0.4, -0.2) is 75.6 Å². The minimum Gasteiger partial charge on any atom is -0.493 e. The molecule has 532 valence electrons. The van der Waals surface area contributed by atoms with Gasteiger partial charge in [0.15, 0.2) is 40.3 Å². The van der Waals surface area contributed by atoms with Crippen molar-refractivity contribution >= 4 is 104 Å². The predicted octanol–water partition coefficient (Wildman–Crippen LogP) is 18.8. The molecule has 0 saturated heterocycles. The summed E-state index contributed by atoms with van der Waals surface area (Å²) in [6.45, 7) is 4.96. The van der Waals surface area contributed by atoms with Crippen molar-refractivity contribution in [2.24, 2.45) is 0 Å². The van der Waals surface area contributed by atoms with Gasteiger partial charge in [0.2, 0.25) is 0 Å². The van der Waals surface area contributed by atoms with E-state index >= 15 is 0 Å². The summed E-state index contributed by atoms with van der Waals surface area (Å²) >= 11 is 5.98. The molecule has 0 unspecified atom stereocenters. The summed E-state index contributed by atoms with van der Waals surface area (Å²) in [5.74, 6) is -8.26. The van der Waals surface area contributed by atoms with E-state index in [0.717, 1.165) is 33.8 Å². The first kappa shape index (κ1) is 75.0. The number of aromatic amines is 2. The Bertz CT molecular complexity index is 5700. The second-order valence-electron chi connectivity index (χ2n) is 22.8. The van der Waals surface area contributed by atoms with E-state index in [1.54, 1.807) is 43.6 Å². The number of benzene rings is 7. The van der Waals surface area contributed by atoms with Gasteiger partial charge in [-0.15, -0.1) is 0 Å². The summed E-state index contributed by atoms with van der Waals surface area (Å²) in [5.41, 5.74) is 18.5. The minimum absolute atomic E-state index is 0.00769. The fraction of sp³-hybridized carbons (Fsp3) is 0.0800. The highest BCUT2D eigenvalue weighted by molar-refractivity contribution is 9.11. The van der Waals surface area contributed by atoms with E-state index in [9.17, 15) is 57.5 Å². The van der Waals surface area contributed by atoms with Gasteiger partial charge in [0.25, 0.3) is 15.9 Å². The van der Waals surface area contributed by atoms with E-state index in [4.69, 9.17) is 30.8 Å². The van der Waals surface area contributed by atoms with Crippen LogP contribution in [0.3, 0.4) is 0 Å². The van der Waals surface area contributed by atoms with E-state index in [0.29, 0.717) is 84.2 Å². The Morgan fingerprint density at radius 1 is 0.500 bits per heavy atom. The third kappa shape index (κ3) is 16.0. The number of hydrogen-bond acceptors (Lipinski definition) is 12. The van der Waals surface area contributed by atoms with E-state index in [1.807, 2.05) is 6.92 Å². The van der Waals surface area contributed by atoms with Crippen molar-refractivity contribution in [1.29, 1.82) is 0 Å². The zero-order valence-corrected chi connectivity index (χ0v) is 59.1. The number of carbonyl (C=O) groups excluding carboxylic acids is 1. The summed E-state index contributed by atoms with van der Waals surface area (Å²) in [4.78, 5) is 43.7. The van der Waals surface area contributed by atoms with Crippen molar-refractivity contribution < 1.29 is 76.8 Å². The summed E-state index contributed by atoms with van der Waals surface area (Å²) < 4.78 is 172. The van der Waals surface area contributed by atoms with E-state index in [2.05, 4.69) is 62.1 Å². The molecule has 6 heterocycles. The molecule has 0 aliphatic carbocycles. The molecular weight excluding hydrogens is 1520 g/mol. The van der Waals surface area contributed by atoms with Gasteiger partial charge >= 0.3 is 5.97 Å². The molecule has 1 amide bonds. The fourth-order valence-electron chi connectivity index (χ4n) is 10.8. The lowest BCUT2D eigenvalue weighted by molar-refractivity contribution is -0.132. The normalized spacial score (nSPS) is 11.5. The number of ether oxygens (including phenoxy) is 3. The van der Waals surface area contributed by atoms with Crippen LogP contribution < -0.4 is 31.0 Å². The van der Waals surface area contributed by atoms with Crippen LogP contribution >= 0.6 is 31.9 Å². The molecule has 6 aromatic heterocycles. The molecule has 7 aromatic carbocycles. The van der Waals surface area contributed by atoms with Crippen LogP contribution in [-0.2, 0) is 19.6 Å². The Balaban J connectivity index is 0.000000161. The molecular formula is C75H56Br2F9N9O8S. The lowest BCUT2D eigenvalue weighted by Crippen LogP contribution is -2.12. The number of aliphatic carboxylic acids is 1. The Hall–Kier alpha value is -11.7. The van der Waals surface area contributed by atoms with Gasteiger partial charge in [-0.05, 0) is 134 Å². The number of fused-ring (bicyclic) bond motifs is 3. The maximum atomic E-state index is 14.7. The molecule has 29 heteroatoms. The van der Waals surface area contributed by atoms with Crippen LogP contribution in [0.5, 0.6) is 17.2 Å². The number of hydrogen-bond donors (Lipinski definition) is 6. The highest BCUT2D eigenvalue weighted by Gasteiger charge is 2.28. The van der Waals surface area contributed by atoms with Crippen LogP contribution in [0.4, 0.5) is 56.6 Å². The number of carbonyl (C=O) groups is 2. The molecule has 17 nitrogen and oxygen atoms in total. The lowest BCUT2D eigenvalue weighted by atomic mass is 10.0. The number of carboxylic acid groups (broad SMARTS) is 1. The van der Waals surface area contributed by atoms with Gasteiger partial charge in [0, 0.05) is 167 Å². The molecule has 13 rings (SSSR count). The fourth-order valence-corrected chi connectivity index (χ4v) is 12.5. The van der Waals surface area contributed by atoms with Crippen molar-refractivity contribution in [1.82, 2.24) is 28.9 Å². The Kier molecular flexibility index (Phi) is 22.8. The van der Waals surface area contributed by atoms with Crippen LogP contribution in [0.1, 0.15) is 19.4 Å². The first-order valence-corrected chi connectivity index (χ1v) is 33.7. The zero-order chi connectivity index (χ0) is 75.2. The molecule has 0 radical (unpaired) electrons. The largest absolute Gasteiger partial charge is 0.493 e. The monoisotopic (exact) mass is 1570 g/mol. The SMILES string of the molecule is C/C(=C\Br)C(=O)O.COc1c(F)cc(F)cc1-c1c[nH]c2ncc(-c3cc(N)ccc3F)cc12.COc1c(F)cc(F)cc1-c1c[nH]c2ncc(-c3cc(NC(=O)/C(C)=C/Br)ccc3F)cc12.COc1c(F)cc(F)cc1-c1cn(S(=O)(=O)c2ccc(C)cc2)c2ncc(-c3cc(N)ccc3F)cc12. The number of nitrogens with two attached hydrogens (primary N) is 2. The van der Waals surface area contributed by atoms with Crippen molar-refractivity contribution in [3.8, 4) is 84.0 Å². The molecule has 8 N–H and O–H groups in total. The number of nitrogen functional groups attached to an aromatic ring is 2. The molecule has 104 heavy (non-hydrogen) atoms. The van der Waals surface area contributed by atoms with Gasteiger partial charge in [-0.2, -0.15) is 0 Å². The van der Waals surface area contributed by atoms with Crippen molar-refractivity contribution in [2.75, 3.05) is 38.1 Å². The highest BCUT2D eigenvalue weighted by atomic mass is 79.9. The second-order valence-corrected chi connectivity index (χ2v) is 25.5.